The number of hydrogen-bond acceptors (Lipinski definition) is 4. The molecular weight excluding hydrogens is 238 g/mol. The van der Waals surface area contributed by atoms with Crippen molar-refractivity contribution in [1.82, 2.24) is 0 Å². The molecule has 0 bridgehead atoms. The van der Waals surface area contributed by atoms with Crippen LogP contribution < -0.4 is 17.2 Å². The number of carbonyl (C=O) groups is 1. The van der Waals surface area contributed by atoms with Crippen LogP contribution in [0, 0.1) is 6.92 Å². The van der Waals surface area contributed by atoms with Crippen molar-refractivity contribution in [2.75, 3.05) is 17.2 Å². The van der Waals surface area contributed by atoms with Gasteiger partial charge < -0.3 is 17.2 Å². The zero-order chi connectivity index (χ0) is 14.4. The van der Waals surface area contributed by atoms with E-state index in [9.17, 15) is 4.79 Å². The normalized spacial score (nSPS) is 9.37. The fraction of sp³-hybridized carbons (Fsp3) is 0.133. The van der Waals surface area contributed by atoms with Gasteiger partial charge in [0.1, 0.15) is 0 Å². The molecule has 0 radical (unpaired) electrons. The maximum Gasteiger partial charge on any atom is 0.159 e. The van der Waals surface area contributed by atoms with Crippen molar-refractivity contribution >= 4 is 22.8 Å². The quantitative estimate of drug-likeness (QED) is 0.540. The molecular formula is C15H19N3O. The lowest BCUT2D eigenvalue weighted by Crippen LogP contribution is -1.93. The first-order valence-corrected chi connectivity index (χ1v) is 5.88. The highest BCUT2D eigenvalue weighted by Gasteiger charge is 1.95. The summed E-state index contributed by atoms with van der Waals surface area (Å²) in [7, 11) is 0. The van der Waals surface area contributed by atoms with Crippen LogP contribution in [0.4, 0.5) is 17.1 Å². The van der Waals surface area contributed by atoms with Crippen LogP contribution in [0.15, 0.2) is 42.5 Å². The van der Waals surface area contributed by atoms with Gasteiger partial charge in [0.25, 0.3) is 0 Å². The van der Waals surface area contributed by atoms with Gasteiger partial charge in [-0.1, -0.05) is 6.07 Å². The first kappa shape index (κ1) is 14.6. The highest BCUT2D eigenvalue weighted by Crippen LogP contribution is 2.14. The number of Topliss-reactive ketones (excluding diaryl/α,β-unsaturated/α-hetero) is 1. The molecule has 2 aromatic carbocycles. The van der Waals surface area contributed by atoms with Crippen molar-refractivity contribution in [3.8, 4) is 0 Å². The molecule has 0 unspecified atom stereocenters. The Morgan fingerprint density at radius 3 is 1.89 bits per heavy atom. The van der Waals surface area contributed by atoms with Crippen LogP contribution in [0.3, 0.4) is 0 Å². The van der Waals surface area contributed by atoms with Gasteiger partial charge in [0.15, 0.2) is 5.78 Å². The number of benzene rings is 2. The Hall–Kier alpha value is -2.49. The molecule has 100 valence electrons. The van der Waals surface area contributed by atoms with Crippen LogP contribution in [-0.4, -0.2) is 5.78 Å². The molecule has 19 heavy (non-hydrogen) atoms. The van der Waals surface area contributed by atoms with Gasteiger partial charge in [0, 0.05) is 11.3 Å². The molecule has 0 saturated carbocycles. The highest BCUT2D eigenvalue weighted by molar-refractivity contribution is 5.94. The largest absolute Gasteiger partial charge is 0.399 e. The second kappa shape index (κ2) is 6.44. The third-order valence-corrected chi connectivity index (χ3v) is 2.56. The minimum absolute atomic E-state index is 0.0694. The molecule has 2 aromatic rings. The van der Waals surface area contributed by atoms with Gasteiger partial charge >= 0.3 is 0 Å². The highest BCUT2D eigenvalue weighted by atomic mass is 16.1. The SMILES string of the molecule is CC(=O)c1ccc(N)cc1.Cc1ccc(N)c(N)c1. The molecule has 0 spiro atoms. The summed E-state index contributed by atoms with van der Waals surface area (Å²) < 4.78 is 0. The minimum atomic E-state index is 0.0694. The van der Waals surface area contributed by atoms with Crippen LogP contribution in [0.2, 0.25) is 0 Å². The molecule has 4 nitrogen and oxygen atoms in total. The van der Waals surface area contributed by atoms with E-state index in [1.54, 1.807) is 24.3 Å². The Bertz CT molecular complexity index is 562. The van der Waals surface area contributed by atoms with Crippen molar-refractivity contribution in [2.24, 2.45) is 0 Å². The lowest BCUT2D eigenvalue weighted by molar-refractivity contribution is 0.101. The average Bonchev–Trinajstić information content (AvgIpc) is 2.35. The van der Waals surface area contributed by atoms with Crippen molar-refractivity contribution < 1.29 is 4.79 Å². The summed E-state index contributed by atoms with van der Waals surface area (Å²) in [6, 6.07) is 12.5. The number of rotatable bonds is 1. The lowest BCUT2D eigenvalue weighted by atomic mass is 10.1. The minimum Gasteiger partial charge on any atom is -0.399 e. The summed E-state index contributed by atoms with van der Waals surface area (Å²) in [5.74, 6) is 0.0694. The topological polar surface area (TPSA) is 95.1 Å². The van der Waals surface area contributed by atoms with Crippen LogP contribution in [0.25, 0.3) is 0 Å². The molecule has 0 aliphatic rings. The third kappa shape index (κ3) is 4.71. The fourth-order valence-corrected chi connectivity index (χ4v) is 1.41. The van der Waals surface area contributed by atoms with Crippen LogP contribution in [-0.2, 0) is 0 Å². The molecule has 6 N–H and O–H groups in total. The third-order valence-electron chi connectivity index (χ3n) is 2.56. The number of nitrogen functional groups attached to an aromatic ring is 3. The first-order chi connectivity index (χ1) is 8.90. The van der Waals surface area contributed by atoms with Gasteiger partial charge in [-0.2, -0.15) is 0 Å². The summed E-state index contributed by atoms with van der Waals surface area (Å²) >= 11 is 0. The zero-order valence-electron chi connectivity index (χ0n) is 11.2. The molecule has 2 rings (SSSR count). The Morgan fingerprint density at radius 2 is 1.47 bits per heavy atom. The van der Waals surface area contributed by atoms with Crippen molar-refractivity contribution in [2.45, 2.75) is 13.8 Å². The van der Waals surface area contributed by atoms with E-state index in [1.807, 2.05) is 25.1 Å². The van der Waals surface area contributed by atoms with E-state index in [0.717, 1.165) is 5.56 Å². The Labute approximate surface area is 113 Å². The average molecular weight is 257 g/mol. The standard InChI is InChI=1S/C8H9NO.C7H10N2/c1-6(10)7-2-4-8(9)5-3-7;1-5-2-3-6(8)7(9)4-5/h2-5H,9H2,1H3;2-4H,8-9H2,1H3. The number of nitrogens with two attached hydrogens (primary N) is 3. The molecule has 0 aromatic heterocycles. The van der Waals surface area contributed by atoms with E-state index in [2.05, 4.69) is 0 Å². The van der Waals surface area contributed by atoms with Gasteiger partial charge in [0.2, 0.25) is 0 Å². The maximum atomic E-state index is 10.7. The summed E-state index contributed by atoms with van der Waals surface area (Å²) in [6.45, 7) is 3.52. The Morgan fingerprint density at radius 1 is 0.895 bits per heavy atom. The number of ketones is 1. The van der Waals surface area contributed by atoms with E-state index in [-0.39, 0.29) is 5.78 Å². The smallest absolute Gasteiger partial charge is 0.159 e. The molecule has 0 atom stereocenters. The van der Waals surface area contributed by atoms with Crippen molar-refractivity contribution in [1.29, 1.82) is 0 Å². The predicted octanol–water partition coefficient (Wildman–Crippen LogP) is 2.63. The van der Waals surface area contributed by atoms with E-state index >= 15 is 0 Å². The van der Waals surface area contributed by atoms with Gasteiger partial charge in [-0.15, -0.1) is 0 Å². The van der Waals surface area contributed by atoms with Gasteiger partial charge in [-0.05, 0) is 55.8 Å². The monoisotopic (exact) mass is 257 g/mol. The van der Waals surface area contributed by atoms with Crippen LogP contribution in [0.1, 0.15) is 22.8 Å². The van der Waals surface area contributed by atoms with Gasteiger partial charge in [-0.25, -0.2) is 0 Å². The zero-order valence-corrected chi connectivity index (χ0v) is 11.2. The van der Waals surface area contributed by atoms with E-state index in [4.69, 9.17) is 17.2 Å². The van der Waals surface area contributed by atoms with Crippen LogP contribution in [0.5, 0.6) is 0 Å². The Balaban J connectivity index is 0.000000191. The van der Waals surface area contributed by atoms with E-state index < -0.39 is 0 Å². The molecule has 0 heterocycles. The lowest BCUT2D eigenvalue weighted by Gasteiger charge is -1.98. The van der Waals surface area contributed by atoms with Crippen molar-refractivity contribution in [3.05, 3.63) is 53.6 Å². The molecule has 0 fully saturated rings. The molecule has 0 aliphatic heterocycles. The molecule has 0 aliphatic carbocycles. The second-order valence-corrected chi connectivity index (χ2v) is 4.31. The summed E-state index contributed by atoms with van der Waals surface area (Å²) in [4.78, 5) is 10.7. The van der Waals surface area contributed by atoms with Gasteiger partial charge in [-0.3, -0.25) is 4.79 Å². The maximum absolute atomic E-state index is 10.7. The van der Waals surface area contributed by atoms with E-state index in [0.29, 0.717) is 22.6 Å². The van der Waals surface area contributed by atoms with E-state index in [1.165, 1.54) is 6.92 Å². The Kier molecular flexibility index (Phi) is 4.94. The molecule has 0 amide bonds. The molecule has 4 heteroatoms. The van der Waals surface area contributed by atoms with Gasteiger partial charge in [0.05, 0.1) is 11.4 Å². The summed E-state index contributed by atoms with van der Waals surface area (Å²) in [5.41, 5.74) is 20.2. The van der Waals surface area contributed by atoms with Crippen molar-refractivity contribution in [3.63, 3.8) is 0 Å². The first-order valence-electron chi connectivity index (χ1n) is 5.88. The number of hydrogen-bond donors (Lipinski definition) is 3. The fourth-order valence-electron chi connectivity index (χ4n) is 1.41. The number of anilines is 3. The number of aryl methyl sites for hydroxylation is 1. The summed E-state index contributed by atoms with van der Waals surface area (Å²) in [6.07, 6.45) is 0. The second-order valence-electron chi connectivity index (χ2n) is 4.31. The predicted molar refractivity (Wildman–Crippen MR) is 80.9 cm³/mol. The van der Waals surface area contributed by atoms with Crippen LogP contribution >= 0.6 is 0 Å². The number of carbonyl (C=O) groups excluding carboxylic acids is 1. The molecule has 0 saturated heterocycles. The summed E-state index contributed by atoms with van der Waals surface area (Å²) in [5, 5.41) is 0.